The summed E-state index contributed by atoms with van der Waals surface area (Å²) in [6.45, 7) is 14.6. The van der Waals surface area contributed by atoms with E-state index in [2.05, 4.69) is 41.5 Å². The van der Waals surface area contributed by atoms with Gasteiger partial charge < -0.3 is 0 Å². The molecule has 0 N–H and O–H groups in total. The van der Waals surface area contributed by atoms with E-state index in [1.807, 2.05) is 0 Å². The molecule has 0 aromatic rings. The Morgan fingerprint density at radius 2 is 1.56 bits per heavy atom. The largest absolute Gasteiger partial charge is 0.0649 e. The van der Waals surface area contributed by atoms with Gasteiger partial charge in [0.1, 0.15) is 0 Å². The van der Waals surface area contributed by atoms with Crippen LogP contribution in [0.3, 0.4) is 0 Å². The molecule has 1 fully saturated rings. The first-order valence-corrected chi connectivity index (χ1v) is 7.38. The second-order valence-electron chi connectivity index (χ2n) is 6.94. The van der Waals surface area contributed by atoms with Crippen LogP contribution in [-0.4, -0.2) is 0 Å². The van der Waals surface area contributed by atoms with Crippen molar-refractivity contribution in [2.45, 2.75) is 80.1 Å². The summed E-state index contributed by atoms with van der Waals surface area (Å²) in [4.78, 5) is 0. The van der Waals surface area contributed by atoms with Crippen molar-refractivity contribution in [3.05, 3.63) is 0 Å². The van der Waals surface area contributed by atoms with Crippen molar-refractivity contribution < 1.29 is 0 Å². The van der Waals surface area contributed by atoms with Crippen molar-refractivity contribution in [2.75, 3.05) is 0 Å². The van der Waals surface area contributed by atoms with Crippen LogP contribution in [-0.2, 0) is 0 Å². The smallest absolute Gasteiger partial charge is 0.0303 e. The molecular weight excluding hydrogens is 192 g/mol. The van der Waals surface area contributed by atoms with Gasteiger partial charge in [0.05, 0.1) is 0 Å². The van der Waals surface area contributed by atoms with Crippen molar-refractivity contribution in [2.24, 2.45) is 22.7 Å². The predicted molar refractivity (Wildman–Crippen MR) is 73.6 cm³/mol. The standard InChI is InChI=1S/C16H32/c1-7-15(5,8-2)14-9-11-16(6,12-10-14)13(3)4/h13-14H,7-12H2,1-6H3. The molecule has 16 heavy (non-hydrogen) atoms. The van der Waals surface area contributed by atoms with E-state index >= 15 is 0 Å². The molecule has 1 rings (SSSR count). The first-order chi connectivity index (χ1) is 7.38. The van der Waals surface area contributed by atoms with Crippen LogP contribution in [0.25, 0.3) is 0 Å². The zero-order chi connectivity index (χ0) is 12.4. The third kappa shape index (κ3) is 2.63. The summed E-state index contributed by atoms with van der Waals surface area (Å²) in [5, 5.41) is 0. The Bertz CT molecular complexity index is 202. The maximum absolute atomic E-state index is 2.51. The highest BCUT2D eigenvalue weighted by Gasteiger charge is 2.39. The lowest BCUT2D eigenvalue weighted by atomic mass is 9.59. The molecule has 0 bridgehead atoms. The lowest BCUT2D eigenvalue weighted by Gasteiger charge is -2.46. The van der Waals surface area contributed by atoms with Crippen LogP contribution in [0.1, 0.15) is 80.1 Å². The fourth-order valence-electron chi connectivity index (χ4n) is 3.38. The number of rotatable bonds is 4. The highest BCUT2D eigenvalue weighted by atomic mass is 14.4. The minimum atomic E-state index is 0.609. The van der Waals surface area contributed by atoms with Crippen molar-refractivity contribution in [1.82, 2.24) is 0 Å². The van der Waals surface area contributed by atoms with Crippen LogP contribution in [0.5, 0.6) is 0 Å². The van der Waals surface area contributed by atoms with E-state index in [1.165, 1.54) is 38.5 Å². The van der Waals surface area contributed by atoms with Gasteiger partial charge >= 0.3 is 0 Å². The van der Waals surface area contributed by atoms with Crippen LogP contribution in [0.15, 0.2) is 0 Å². The Labute approximate surface area is 103 Å². The molecule has 0 aromatic carbocycles. The van der Waals surface area contributed by atoms with Gasteiger partial charge in [-0.15, -0.1) is 0 Å². The van der Waals surface area contributed by atoms with Crippen molar-refractivity contribution in [1.29, 1.82) is 0 Å². The molecule has 1 aliphatic rings. The summed E-state index contributed by atoms with van der Waals surface area (Å²) >= 11 is 0. The van der Waals surface area contributed by atoms with Gasteiger partial charge in [0.2, 0.25) is 0 Å². The molecule has 0 heterocycles. The van der Waals surface area contributed by atoms with Crippen molar-refractivity contribution in [3.8, 4) is 0 Å². The molecule has 0 radical (unpaired) electrons. The van der Waals surface area contributed by atoms with Crippen LogP contribution in [0.2, 0.25) is 0 Å². The monoisotopic (exact) mass is 224 g/mol. The summed E-state index contributed by atoms with van der Waals surface area (Å²) in [7, 11) is 0. The molecule has 0 heteroatoms. The molecule has 0 unspecified atom stereocenters. The average Bonchev–Trinajstić information content (AvgIpc) is 2.29. The fraction of sp³-hybridized carbons (Fsp3) is 1.00. The topological polar surface area (TPSA) is 0 Å². The molecule has 96 valence electrons. The first kappa shape index (κ1) is 14.1. The molecule has 0 nitrogen and oxygen atoms in total. The summed E-state index contributed by atoms with van der Waals surface area (Å²) in [6, 6.07) is 0. The van der Waals surface area contributed by atoms with Gasteiger partial charge in [0.15, 0.2) is 0 Å². The van der Waals surface area contributed by atoms with Crippen LogP contribution >= 0.6 is 0 Å². The minimum absolute atomic E-state index is 0.609. The van der Waals surface area contributed by atoms with Crippen LogP contribution in [0, 0.1) is 22.7 Å². The van der Waals surface area contributed by atoms with E-state index in [0.717, 1.165) is 11.8 Å². The normalized spacial score (nSPS) is 32.1. The SMILES string of the molecule is CCC(C)(CC)C1CCC(C)(C(C)C)CC1. The van der Waals surface area contributed by atoms with Gasteiger partial charge in [-0.1, -0.05) is 54.4 Å². The Morgan fingerprint density at radius 1 is 1.12 bits per heavy atom. The fourth-order valence-corrected chi connectivity index (χ4v) is 3.38. The highest BCUT2D eigenvalue weighted by molar-refractivity contribution is 4.90. The molecule has 0 saturated heterocycles. The molecular formula is C16H32. The van der Waals surface area contributed by atoms with E-state index in [4.69, 9.17) is 0 Å². The lowest BCUT2D eigenvalue weighted by Crippen LogP contribution is -2.35. The van der Waals surface area contributed by atoms with E-state index in [-0.39, 0.29) is 0 Å². The summed E-state index contributed by atoms with van der Waals surface area (Å²) in [6.07, 6.45) is 8.54. The van der Waals surface area contributed by atoms with E-state index in [0.29, 0.717) is 10.8 Å². The molecule has 0 aromatic heterocycles. The molecule has 0 aliphatic heterocycles. The van der Waals surface area contributed by atoms with Gasteiger partial charge in [-0.25, -0.2) is 0 Å². The Balaban J connectivity index is 2.61. The molecule has 0 spiro atoms. The quantitative estimate of drug-likeness (QED) is 0.577. The first-order valence-electron chi connectivity index (χ1n) is 7.38. The van der Waals surface area contributed by atoms with E-state index in [1.54, 1.807) is 0 Å². The van der Waals surface area contributed by atoms with E-state index in [9.17, 15) is 0 Å². The van der Waals surface area contributed by atoms with Crippen molar-refractivity contribution >= 4 is 0 Å². The Kier molecular flexibility index (Phi) is 4.49. The Hall–Kier alpha value is 0. The van der Waals surface area contributed by atoms with Gasteiger partial charge in [0.25, 0.3) is 0 Å². The highest BCUT2D eigenvalue weighted by Crippen LogP contribution is 2.50. The third-order valence-electron chi connectivity index (χ3n) is 6.12. The van der Waals surface area contributed by atoms with E-state index < -0.39 is 0 Å². The lowest BCUT2D eigenvalue weighted by molar-refractivity contribution is 0.0457. The number of hydrogen-bond acceptors (Lipinski definition) is 0. The zero-order valence-corrected chi connectivity index (χ0v) is 12.4. The second-order valence-corrected chi connectivity index (χ2v) is 6.94. The summed E-state index contributed by atoms with van der Waals surface area (Å²) in [5.41, 5.74) is 1.23. The van der Waals surface area contributed by atoms with Gasteiger partial charge in [-0.05, 0) is 48.3 Å². The third-order valence-corrected chi connectivity index (χ3v) is 6.12. The maximum atomic E-state index is 2.51. The number of hydrogen-bond donors (Lipinski definition) is 0. The summed E-state index contributed by atoms with van der Waals surface area (Å²) in [5.74, 6) is 1.83. The molecule has 1 saturated carbocycles. The van der Waals surface area contributed by atoms with Gasteiger partial charge in [-0.2, -0.15) is 0 Å². The molecule has 0 atom stereocenters. The van der Waals surface area contributed by atoms with Gasteiger partial charge in [0, 0.05) is 0 Å². The Morgan fingerprint density at radius 3 is 1.88 bits per heavy atom. The van der Waals surface area contributed by atoms with Gasteiger partial charge in [-0.3, -0.25) is 0 Å². The second kappa shape index (κ2) is 5.10. The van der Waals surface area contributed by atoms with Crippen LogP contribution < -0.4 is 0 Å². The zero-order valence-electron chi connectivity index (χ0n) is 12.4. The van der Waals surface area contributed by atoms with Crippen molar-refractivity contribution in [3.63, 3.8) is 0 Å². The summed E-state index contributed by atoms with van der Waals surface area (Å²) < 4.78 is 0. The minimum Gasteiger partial charge on any atom is -0.0649 e. The molecule has 0 amide bonds. The maximum Gasteiger partial charge on any atom is -0.0303 e. The predicted octanol–water partition coefficient (Wildman–Crippen LogP) is 5.67. The van der Waals surface area contributed by atoms with Crippen LogP contribution in [0.4, 0.5) is 0 Å². The molecule has 1 aliphatic carbocycles. The average molecular weight is 224 g/mol.